The van der Waals surface area contributed by atoms with Gasteiger partial charge in [0.2, 0.25) is 0 Å². The van der Waals surface area contributed by atoms with Crippen molar-refractivity contribution in [2.75, 3.05) is 0 Å². The summed E-state index contributed by atoms with van der Waals surface area (Å²) in [5.41, 5.74) is 16.0. The molecule has 2 nitrogen and oxygen atoms in total. The van der Waals surface area contributed by atoms with Crippen molar-refractivity contribution >= 4 is 10.8 Å². The second-order valence-electron chi connectivity index (χ2n) is 14.3. The Kier molecular flexibility index (Phi) is 7.63. The topological polar surface area (TPSA) is 25.8 Å². The van der Waals surface area contributed by atoms with E-state index in [1.807, 2.05) is 18.2 Å². The Morgan fingerprint density at radius 1 is 0.333 bits per heavy atom. The fourth-order valence-corrected chi connectivity index (χ4v) is 8.45. The van der Waals surface area contributed by atoms with Crippen LogP contribution in [0.2, 0.25) is 0 Å². The van der Waals surface area contributed by atoms with Crippen LogP contribution in [0.15, 0.2) is 200 Å². The molecule has 0 saturated heterocycles. The smallest absolute Gasteiger partial charge is 0.160 e. The first-order valence-electron chi connectivity index (χ1n) is 18.6. The minimum absolute atomic E-state index is 0.262. The summed E-state index contributed by atoms with van der Waals surface area (Å²) in [6, 6.07) is 71.7. The molecule has 0 N–H and O–H groups in total. The van der Waals surface area contributed by atoms with Crippen molar-refractivity contribution in [1.82, 2.24) is 9.97 Å². The third kappa shape index (κ3) is 5.26. The van der Waals surface area contributed by atoms with Gasteiger partial charge in [-0.25, -0.2) is 9.97 Å². The highest BCUT2D eigenvalue weighted by molar-refractivity contribution is 6.05. The number of aromatic nitrogens is 2. The van der Waals surface area contributed by atoms with Crippen molar-refractivity contribution in [3.05, 3.63) is 217 Å². The summed E-state index contributed by atoms with van der Waals surface area (Å²) in [7, 11) is 0. The van der Waals surface area contributed by atoms with Crippen molar-refractivity contribution in [2.45, 2.75) is 12.3 Å². The highest BCUT2D eigenvalue weighted by Crippen LogP contribution is 2.53. The van der Waals surface area contributed by atoms with E-state index in [2.05, 4.69) is 189 Å². The van der Waals surface area contributed by atoms with E-state index in [0.29, 0.717) is 5.82 Å². The third-order valence-electron chi connectivity index (χ3n) is 11.2. The maximum atomic E-state index is 5.24. The van der Waals surface area contributed by atoms with Gasteiger partial charge in [-0.2, -0.15) is 0 Å². The second-order valence-corrected chi connectivity index (χ2v) is 14.3. The van der Waals surface area contributed by atoms with Gasteiger partial charge in [-0.1, -0.05) is 182 Å². The number of nitrogens with zero attached hydrogens (tertiary/aromatic N) is 2. The Balaban J connectivity index is 1.13. The molecule has 254 valence electrons. The molecule has 0 aliphatic heterocycles. The number of rotatable bonds is 6. The highest BCUT2D eigenvalue weighted by atomic mass is 14.9. The molecule has 54 heavy (non-hydrogen) atoms. The van der Waals surface area contributed by atoms with Crippen molar-refractivity contribution in [3.8, 4) is 67.3 Å². The molecule has 8 aromatic carbocycles. The molecule has 0 fully saturated rings. The van der Waals surface area contributed by atoms with Crippen molar-refractivity contribution in [1.29, 1.82) is 0 Å². The molecule has 1 aromatic heterocycles. The number of hydrogen-bond donors (Lipinski definition) is 0. The predicted molar refractivity (Wildman–Crippen MR) is 224 cm³/mol. The van der Waals surface area contributed by atoms with E-state index in [0.717, 1.165) is 39.0 Å². The summed E-state index contributed by atoms with van der Waals surface area (Å²) in [4.78, 5) is 10.4. The summed E-state index contributed by atoms with van der Waals surface area (Å²) in [6.45, 7) is 2.38. The second kappa shape index (κ2) is 12.9. The zero-order valence-electron chi connectivity index (χ0n) is 29.9. The summed E-state index contributed by atoms with van der Waals surface area (Å²) in [5, 5.41) is 2.35. The van der Waals surface area contributed by atoms with Gasteiger partial charge in [0.15, 0.2) is 5.82 Å². The molecule has 10 rings (SSSR count). The van der Waals surface area contributed by atoms with Gasteiger partial charge in [-0.15, -0.1) is 0 Å². The first-order chi connectivity index (χ1) is 26.6. The lowest BCUT2D eigenvalue weighted by Gasteiger charge is -2.28. The highest BCUT2D eigenvalue weighted by Gasteiger charge is 2.40. The van der Waals surface area contributed by atoms with Gasteiger partial charge in [0.1, 0.15) is 0 Å². The molecule has 1 aliphatic carbocycles. The van der Waals surface area contributed by atoms with Crippen molar-refractivity contribution in [2.24, 2.45) is 0 Å². The Labute approximate surface area is 316 Å². The number of fused-ring (bicyclic) bond motifs is 4. The molecule has 0 saturated carbocycles. The van der Waals surface area contributed by atoms with E-state index >= 15 is 0 Å². The van der Waals surface area contributed by atoms with Crippen molar-refractivity contribution in [3.63, 3.8) is 0 Å². The first-order valence-corrected chi connectivity index (χ1v) is 18.6. The molecule has 1 heterocycles. The van der Waals surface area contributed by atoms with Crippen molar-refractivity contribution < 1.29 is 0 Å². The molecule has 0 amide bonds. The Morgan fingerprint density at radius 2 is 0.889 bits per heavy atom. The molecular weight excluding hydrogens is 653 g/mol. The largest absolute Gasteiger partial charge is 0.228 e. The lowest BCUT2D eigenvalue weighted by molar-refractivity contribution is 0.714. The molecule has 0 spiro atoms. The van der Waals surface area contributed by atoms with Gasteiger partial charge < -0.3 is 0 Å². The minimum Gasteiger partial charge on any atom is -0.228 e. The van der Waals surface area contributed by atoms with E-state index in [1.165, 1.54) is 49.9 Å². The van der Waals surface area contributed by atoms with Crippen LogP contribution in [-0.4, -0.2) is 9.97 Å². The molecule has 1 atom stereocenters. The van der Waals surface area contributed by atoms with Gasteiger partial charge >= 0.3 is 0 Å². The third-order valence-corrected chi connectivity index (χ3v) is 11.2. The normalized spacial score (nSPS) is 14.5. The fraction of sp³-hybridized carbons (Fsp3) is 0.0385. The van der Waals surface area contributed by atoms with E-state index < -0.39 is 0 Å². The molecule has 1 unspecified atom stereocenters. The van der Waals surface area contributed by atoms with Crippen LogP contribution in [0.1, 0.15) is 23.6 Å². The summed E-state index contributed by atoms with van der Waals surface area (Å²) in [5.74, 6) is 0.708. The number of benzene rings is 8. The average molecular weight is 689 g/mol. The van der Waals surface area contributed by atoms with Gasteiger partial charge in [0.25, 0.3) is 0 Å². The minimum atomic E-state index is -0.262. The van der Waals surface area contributed by atoms with Crippen LogP contribution in [0, 0.1) is 0 Å². The van der Waals surface area contributed by atoms with Crippen LogP contribution in [0.5, 0.6) is 0 Å². The fourth-order valence-electron chi connectivity index (χ4n) is 8.45. The van der Waals surface area contributed by atoms with Crippen LogP contribution in [0.25, 0.3) is 78.1 Å². The van der Waals surface area contributed by atoms with Gasteiger partial charge in [-0.05, 0) is 86.0 Å². The summed E-state index contributed by atoms with van der Waals surface area (Å²) < 4.78 is 0. The standard InChI is InChI=1S/C52H36N2/c1-52(40-22-9-4-10-23-40)47-27-14-13-26-44(47)45-29-28-38(33-48(45)52)41-30-31-46(43-25-12-11-24-42(41)43)50-34-49(53-51(54-50)36-18-7-3-8-19-36)39-21-15-20-37(32-39)35-16-5-2-6-17-35/h2-34H,1H3. The molecule has 9 aromatic rings. The Bertz CT molecular complexity index is 2820. The van der Waals surface area contributed by atoms with Crippen LogP contribution < -0.4 is 0 Å². The lowest BCUT2D eigenvalue weighted by atomic mass is 9.74. The SMILES string of the molecule is CC1(c2ccccc2)c2ccccc2-c2ccc(-c3ccc(-c4cc(-c5cccc(-c6ccccc6)c5)nc(-c5ccccc5)n4)c4ccccc34)cc21. The maximum Gasteiger partial charge on any atom is 0.160 e. The molecular formula is C52H36N2. The number of hydrogen-bond acceptors (Lipinski definition) is 2. The lowest BCUT2D eigenvalue weighted by Crippen LogP contribution is -2.22. The van der Waals surface area contributed by atoms with Crippen LogP contribution in [-0.2, 0) is 5.41 Å². The molecule has 0 radical (unpaired) electrons. The van der Waals surface area contributed by atoms with Crippen LogP contribution in [0.3, 0.4) is 0 Å². The predicted octanol–water partition coefficient (Wildman–Crippen LogP) is 13.3. The van der Waals surface area contributed by atoms with E-state index in [4.69, 9.17) is 9.97 Å². The van der Waals surface area contributed by atoms with E-state index in [9.17, 15) is 0 Å². The Hall–Kier alpha value is -6.90. The molecule has 0 bridgehead atoms. The first kappa shape index (κ1) is 31.8. The summed E-state index contributed by atoms with van der Waals surface area (Å²) >= 11 is 0. The van der Waals surface area contributed by atoms with Crippen LogP contribution in [0.4, 0.5) is 0 Å². The Morgan fingerprint density at radius 3 is 1.67 bits per heavy atom. The van der Waals surface area contributed by atoms with Crippen LogP contribution >= 0.6 is 0 Å². The zero-order valence-corrected chi connectivity index (χ0v) is 29.9. The molecule has 2 heteroatoms. The monoisotopic (exact) mass is 688 g/mol. The quantitative estimate of drug-likeness (QED) is 0.174. The molecule has 1 aliphatic rings. The van der Waals surface area contributed by atoms with E-state index in [1.54, 1.807) is 0 Å². The maximum absolute atomic E-state index is 5.24. The van der Waals surface area contributed by atoms with Gasteiger partial charge in [0.05, 0.1) is 11.4 Å². The summed E-state index contributed by atoms with van der Waals surface area (Å²) in [6.07, 6.45) is 0. The zero-order chi connectivity index (χ0) is 36.1. The van der Waals surface area contributed by atoms with Gasteiger partial charge in [0, 0.05) is 22.1 Å². The average Bonchev–Trinajstić information content (AvgIpc) is 3.52. The van der Waals surface area contributed by atoms with Gasteiger partial charge in [-0.3, -0.25) is 0 Å². The van der Waals surface area contributed by atoms with E-state index in [-0.39, 0.29) is 5.41 Å².